The SMILES string of the molecule is CCSCc1nc(C)cc(CNCC(C)C)n1. The first-order valence-electron chi connectivity index (χ1n) is 6.23. The Labute approximate surface area is 109 Å². The average Bonchev–Trinajstić information content (AvgIpc) is 2.25. The van der Waals surface area contributed by atoms with E-state index < -0.39 is 0 Å². The van der Waals surface area contributed by atoms with Crippen molar-refractivity contribution in [2.45, 2.75) is 40.0 Å². The van der Waals surface area contributed by atoms with E-state index >= 15 is 0 Å². The van der Waals surface area contributed by atoms with Gasteiger partial charge in [0.1, 0.15) is 5.82 Å². The minimum Gasteiger partial charge on any atom is -0.311 e. The first-order valence-corrected chi connectivity index (χ1v) is 7.39. The molecule has 0 aliphatic heterocycles. The third-order valence-electron chi connectivity index (χ3n) is 2.25. The molecule has 0 aliphatic carbocycles. The van der Waals surface area contributed by atoms with E-state index in [1.807, 2.05) is 18.7 Å². The monoisotopic (exact) mass is 253 g/mol. The van der Waals surface area contributed by atoms with Crippen LogP contribution < -0.4 is 5.32 Å². The first kappa shape index (κ1) is 14.5. The quantitative estimate of drug-likeness (QED) is 0.811. The molecule has 0 unspecified atom stereocenters. The second-order valence-corrected chi connectivity index (χ2v) is 5.85. The van der Waals surface area contributed by atoms with Gasteiger partial charge in [0.25, 0.3) is 0 Å². The van der Waals surface area contributed by atoms with E-state index in [0.29, 0.717) is 5.92 Å². The standard InChI is InChI=1S/C13H23N3S/c1-5-17-9-13-15-11(4)6-12(16-13)8-14-7-10(2)3/h6,10,14H,5,7-9H2,1-4H3. The molecule has 0 saturated heterocycles. The van der Waals surface area contributed by atoms with Crippen molar-refractivity contribution in [1.29, 1.82) is 0 Å². The van der Waals surface area contributed by atoms with Crippen molar-refractivity contribution in [2.75, 3.05) is 12.3 Å². The summed E-state index contributed by atoms with van der Waals surface area (Å²) in [6.07, 6.45) is 0. The Kier molecular flexibility index (Phi) is 6.52. The summed E-state index contributed by atoms with van der Waals surface area (Å²) in [5.41, 5.74) is 2.16. The van der Waals surface area contributed by atoms with Gasteiger partial charge in [0.2, 0.25) is 0 Å². The summed E-state index contributed by atoms with van der Waals surface area (Å²) in [4.78, 5) is 9.03. The minimum absolute atomic E-state index is 0.674. The number of nitrogens with zero attached hydrogens (tertiary/aromatic N) is 2. The zero-order valence-electron chi connectivity index (χ0n) is 11.3. The fourth-order valence-electron chi connectivity index (χ4n) is 1.54. The van der Waals surface area contributed by atoms with Crippen LogP contribution in [0.1, 0.15) is 38.0 Å². The van der Waals surface area contributed by atoms with E-state index in [0.717, 1.165) is 41.8 Å². The number of hydrogen-bond donors (Lipinski definition) is 1. The smallest absolute Gasteiger partial charge is 0.138 e. The molecule has 0 atom stereocenters. The normalized spacial score (nSPS) is 11.1. The maximum atomic E-state index is 4.57. The molecule has 96 valence electrons. The van der Waals surface area contributed by atoms with E-state index in [2.05, 4.69) is 42.1 Å². The van der Waals surface area contributed by atoms with Crippen LogP contribution in [0.2, 0.25) is 0 Å². The highest BCUT2D eigenvalue weighted by Gasteiger charge is 2.02. The molecule has 0 amide bonds. The second kappa shape index (κ2) is 7.67. The first-order chi connectivity index (χ1) is 8.11. The average molecular weight is 253 g/mol. The molecule has 0 saturated carbocycles. The Hall–Kier alpha value is -0.610. The number of hydrogen-bond acceptors (Lipinski definition) is 4. The summed E-state index contributed by atoms with van der Waals surface area (Å²) in [5, 5.41) is 3.41. The number of nitrogens with one attached hydrogen (secondary N) is 1. The third-order valence-corrected chi connectivity index (χ3v) is 3.12. The molecule has 1 N–H and O–H groups in total. The Morgan fingerprint density at radius 2 is 2.12 bits per heavy atom. The molecule has 0 fully saturated rings. The predicted octanol–water partition coefficient (Wildman–Crippen LogP) is 2.78. The van der Waals surface area contributed by atoms with Gasteiger partial charge in [-0.05, 0) is 31.2 Å². The molecule has 0 bridgehead atoms. The van der Waals surface area contributed by atoms with Crippen LogP contribution in [-0.2, 0) is 12.3 Å². The Balaban J connectivity index is 2.55. The molecule has 3 nitrogen and oxygen atoms in total. The lowest BCUT2D eigenvalue weighted by molar-refractivity contribution is 0.547. The number of aromatic nitrogens is 2. The van der Waals surface area contributed by atoms with Gasteiger partial charge >= 0.3 is 0 Å². The Morgan fingerprint density at radius 3 is 2.76 bits per heavy atom. The Morgan fingerprint density at radius 1 is 1.35 bits per heavy atom. The number of aryl methyl sites for hydroxylation is 1. The molecule has 1 aromatic rings. The highest BCUT2D eigenvalue weighted by molar-refractivity contribution is 7.98. The minimum atomic E-state index is 0.674. The zero-order valence-corrected chi connectivity index (χ0v) is 12.1. The van der Waals surface area contributed by atoms with Gasteiger partial charge in [-0.1, -0.05) is 20.8 Å². The van der Waals surface area contributed by atoms with Gasteiger partial charge in [-0.2, -0.15) is 11.8 Å². The van der Waals surface area contributed by atoms with E-state index in [-0.39, 0.29) is 0 Å². The van der Waals surface area contributed by atoms with Gasteiger partial charge in [0.15, 0.2) is 0 Å². The predicted molar refractivity (Wildman–Crippen MR) is 75.1 cm³/mol. The van der Waals surface area contributed by atoms with Crippen molar-refractivity contribution >= 4 is 11.8 Å². The summed E-state index contributed by atoms with van der Waals surface area (Å²) < 4.78 is 0. The van der Waals surface area contributed by atoms with Crippen LogP contribution in [0.4, 0.5) is 0 Å². The Bertz CT molecular complexity index is 339. The zero-order chi connectivity index (χ0) is 12.7. The molecule has 0 radical (unpaired) electrons. The summed E-state index contributed by atoms with van der Waals surface area (Å²) >= 11 is 1.86. The topological polar surface area (TPSA) is 37.8 Å². The lowest BCUT2D eigenvalue weighted by Gasteiger charge is -2.08. The third kappa shape index (κ3) is 6.03. The van der Waals surface area contributed by atoms with Crippen molar-refractivity contribution in [2.24, 2.45) is 5.92 Å². The number of rotatable bonds is 7. The van der Waals surface area contributed by atoms with Crippen LogP contribution in [0, 0.1) is 12.8 Å². The van der Waals surface area contributed by atoms with Gasteiger partial charge in [0.05, 0.1) is 11.4 Å². The molecular weight excluding hydrogens is 230 g/mol. The van der Waals surface area contributed by atoms with Crippen molar-refractivity contribution in [1.82, 2.24) is 15.3 Å². The van der Waals surface area contributed by atoms with Gasteiger partial charge in [0, 0.05) is 12.2 Å². The summed E-state index contributed by atoms with van der Waals surface area (Å²) in [6, 6.07) is 2.06. The van der Waals surface area contributed by atoms with Crippen molar-refractivity contribution in [3.8, 4) is 0 Å². The molecule has 17 heavy (non-hydrogen) atoms. The van der Waals surface area contributed by atoms with Gasteiger partial charge < -0.3 is 5.32 Å². The molecule has 0 spiro atoms. The molecule has 0 aliphatic rings. The summed E-state index contributed by atoms with van der Waals surface area (Å²) in [7, 11) is 0. The van der Waals surface area contributed by atoms with Gasteiger partial charge in [-0.25, -0.2) is 9.97 Å². The fourth-order valence-corrected chi connectivity index (χ4v) is 2.05. The highest BCUT2D eigenvalue weighted by Crippen LogP contribution is 2.09. The highest BCUT2D eigenvalue weighted by atomic mass is 32.2. The maximum Gasteiger partial charge on any atom is 0.138 e. The second-order valence-electron chi connectivity index (χ2n) is 4.58. The maximum absolute atomic E-state index is 4.57. The van der Waals surface area contributed by atoms with Crippen LogP contribution in [0.15, 0.2) is 6.07 Å². The largest absolute Gasteiger partial charge is 0.311 e. The lowest BCUT2D eigenvalue weighted by atomic mass is 10.2. The lowest BCUT2D eigenvalue weighted by Crippen LogP contribution is -2.20. The van der Waals surface area contributed by atoms with E-state index in [1.165, 1.54) is 0 Å². The van der Waals surface area contributed by atoms with Crippen LogP contribution >= 0.6 is 11.8 Å². The van der Waals surface area contributed by atoms with Crippen molar-refractivity contribution in [3.05, 3.63) is 23.3 Å². The number of thioether (sulfide) groups is 1. The molecule has 0 aromatic carbocycles. The van der Waals surface area contributed by atoms with Gasteiger partial charge in [-0.3, -0.25) is 0 Å². The molecular formula is C13H23N3S. The van der Waals surface area contributed by atoms with E-state index in [9.17, 15) is 0 Å². The molecule has 4 heteroatoms. The van der Waals surface area contributed by atoms with Crippen LogP contribution in [0.5, 0.6) is 0 Å². The van der Waals surface area contributed by atoms with Gasteiger partial charge in [-0.15, -0.1) is 0 Å². The van der Waals surface area contributed by atoms with Crippen molar-refractivity contribution < 1.29 is 0 Å². The van der Waals surface area contributed by atoms with Crippen LogP contribution in [0.25, 0.3) is 0 Å². The summed E-state index contributed by atoms with van der Waals surface area (Å²) in [6.45, 7) is 10.5. The van der Waals surface area contributed by atoms with E-state index in [1.54, 1.807) is 0 Å². The van der Waals surface area contributed by atoms with E-state index in [4.69, 9.17) is 0 Å². The molecule has 1 aromatic heterocycles. The fraction of sp³-hybridized carbons (Fsp3) is 0.692. The summed E-state index contributed by atoms with van der Waals surface area (Å²) in [5.74, 6) is 3.65. The molecule has 1 heterocycles. The van der Waals surface area contributed by atoms with Crippen LogP contribution in [-0.4, -0.2) is 22.3 Å². The van der Waals surface area contributed by atoms with Crippen molar-refractivity contribution in [3.63, 3.8) is 0 Å². The molecule has 1 rings (SSSR count). The van der Waals surface area contributed by atoms with Crippen LogP contribution in [0.3, 0.4) is 0 Å².